The monoisotopic (exact) mass is 506 g/mol. The molecule has 0 unspecified atom stereocenters. The lowest BCUT2D eigenvalue weighted by atomic mass is 9.79. The first kappa shape index (κ1) is 26.8. The van der Waals surface area contributed by atoms with E-state index in [9.17, 15) is 4.57 Å². The predicted octanol–water partition coefficient (Wildman–Crippen LogP) is 7.30. The molecule has 0 N–H and O–H groups in total. The third-order valence-corrected chi connectivity index (χ3v) is 8.65. The number of hydrogen-bond donors (Lipinski definition) is 0. The highest BCUT2D eigenvalue weighted by molar-refractivity contribution is 7.53. The van der Waals surface area contributed by atoms with E-state index in [-0.39, 0.29) is 12.2 Å². The Kier molecular flexibility index (Phi) is 9.27. The van der Waals surface area contributed by atoms with Gasteiger partial charge in [-0.15, -0.1) is 0 Å². The second-order valence-corrected chi connectivity index (χ2v) is 11.8. The molecule has 0 radical (unpaired) electrons. The van der Waals surface area contributed by atoms with Gasteiger partial charge in [0.15, 0.2) is 10.8 Å². The van der Waals surface area contributed by atoms with Crippen LogP contribution in [-0.2, 0) is 13.6 Å². The standard InChI is InChI=1S/C25H36ClN4O3P/c1-7-22(30-16-29-23-24(26)27-15-28-25(23)30)13-8-19(6)21-11-9-20(10-12-21)14-34(31,32-17(2)3)33-18(4)5/h7-8,13,15-18,20-21H,6,9-12,14H2,1-5H3/b13-8-,22-7+/t20-,21-. The molecule has 2 heterocycles. The molecule has 1 fully saturated rings. The van der Waals surface area contributed by atoms with Gasteiger partial charge in [-0.05, 0) is 78.2 Å². The molecule has 9 heteroatoms. The smallest absolute Gasteiger partial charge is 0.306 e. The maximum Gasteiger partial charge on any atom is 0.331 e. The number of allylic oxidation sites excluding steroid dienone is 5. The zero-order chi connectivity index (χ0) is 24.9. The van der Waals surface area contributed by atoms with Crippen LogP contribution in [0.25, 0.3) is 16.9 Å². The summed E-state index contributed by atoms with van der Waals surface area (Å²) in [6.07, 6.45) is 13.5. The topological polar surface area (TPSA) is 79.1 Å². The van der Waals surface area contributed by atoms with Gasteiger partial charge in [0, 0.05) is 5.70 Å². The number of hydrogen-bond acceptors (Lipinski definition) is 6. The van der Waals surface area contributed by atoms with Gasteiger partial charge in [-0.2, -0.15) is 0 Å². The Hall–Kier alpha value is -1.79. The third kappa shape index (κ3) is 6.88. The summed E-state index contributed by atoms with van der Waals surface area (Å²) in [4.78, 5) is 12.7. The molecule has 0 amide bonds. The summed E-state index contributed by atoms with van der Waals surface area (Å²) in [5, 5.41) is 0.339. The van der Waals surface area contributed by atoms with Crippen molar-refractivity contribution in [3.8, 4) is 0 Å². The summed E-state index contributed by atoms with van der Waals surface area (Å²) < 4.78 is 26.6. The Morgan fingerprint density at radius 3 is 2.38 bits per heavy atom. The first-order valence-electron chi connectivity index (χ1n) is 11.9. The second kappa shape index (κ2) is 11.8. The molecule has 0 spiro atoms. The first-order chi connectivity index (χ1) is 16.1. The van der Waals surface area contributed by atoms with Crippen LogP contribution in [0.15, 0.2) is 43.0 Å². The van der Waals surface area contributed by atoms with E-state index in [0.29, 0.717) is 34.3 Å². The number of aromatic nitrogens is 4. The predicted molar refractivity (Wildman–Crippen MR) is 139 cm³/mol. The van der Waals surface area contributed by atoms with Crippen LogP contribution in [0.1, 0.15) is 60.3 Å². The minimum absolute atomic E-state index is 0.123. The van der Waals surface area contributed by atoms with Crippen molar-refractivity contribution in [2.45, 2.75) is 72.5 Å². The summed E-state index contributed by atoms with van der Waals surface area (Å²) in [7, 11) is -3.10. The highest BCUT2D eigenvalue weighted by atomic mass is 35.5. The lowest BCUT2D eigenvalue weighted by Gasteiger charge is -2.32. The van der Waals surface area contributed by atoms with Crippen molar-refractivity contribution in [1.29, 1.82) is 0 Å². The molecule has 0 atom stereocenters. The van der Waals surface area contributed by atoms with Gasteiger partial charge in [0.1, 0.15) is 18.2 Å². The minimum Gasteiger partial charge on any atom is -0.306 e. The van der Waals surface area contributed by atoms with Gasteiger partial charge in [0.05, 0.1) is 18.4 Å². The van der Waals surface area contributed by atoms with Gasteiger partial charge in [-0.1, -0.05) is 35.9 Å². The second-order valence-electron chi connectivity index (χ2n) is 9.39. The van der Waals surface area contributed by atoms with E-state index in [1.165, 1.54) is 6.33 Å². The highest BCUT2D eigenvalue weighted by Gasteiger charge is 2.33. The lowest BCUT2D eigenvalue weighted by Crippen LogP contribution is -2.21. The van der Waals surface area contributed by atoms with Crippen molar-refractivity contribution >= 4 is 36.1 Å². The van der Waals surface area contributed by atoms with Crippen LogP contribution < -0.4 is 0 Å². The molecular formula is C25H36ClN4O3P. The van der Waals surface area contributed by atoms with Crippen LogP contribution in [0.2, 0.25) is 5.15 Å². The third-order valence-electron chi connectivity index (χ3n) is 5.93. The number of halogens is 1. The Labute approximate surface area is 207 Å². The number of rotatable bonds is 10. The molecule has 2 aromatic rings. The molecule has 1 saturated carbocycles. The van der Waals surface area contributed by atoms with Gasteiger partial charge < -0.3 is 9.05 Å². The Balaban J connectivity index is 1.60. The van der Waals surface area contributed by atoms with Crippen molar-refractivity contribution in [3.63, 3.8) is 0 Å². The number of imidazole rings is 1. The Morgan fingerprint density at radius 2 is 1.79 bits per heavy atom. The zero-order valence-corrected chi connectivity index (χ0v) is 22.4. The van der Waals surface area contributed by atoms with Gasteiger partial charge in [0.25, 0.3) is 0 Å². The molecule has 0 aliphatic heterocycles. The molecule has 0 aromatic carbocycles. The molecule has 1 aliphatic carbocycles. The average Bonchev–Trinajstić information content (AvgIpc) is 3.18. The summed E-state index contributed by atoms with van der Waals surface area (Å²) in [5.74, 6) is 0.738. The van der Waals surface area contributed by atoms with Crippen molar-refractivity contribution in [1.82, 2.24) is 19.5 Å². The van der Waals surface area contributed by atoms with E-state index >= 15 is 0 Å². The van der Waals surface area contributed by atoms with Crippen molar-refractivity contribution < 1.29 is 13.6 Å². The van der Waals surface area contributed by atoms with E-state index in [0.717, 1.165) is 37.0 Å². The fourth-order valence-corrected chi connectivity index (χ4v) is 7.11. The summed E-state index contributed by atoms with van der Waals surface area (Å²) >= 11 is 6.14. The molecular weight excluding hydrogens is 471 g/mol. The fourth-order valence-electron chi connectivity index (χ4n) is 4.42. The quantitative estimate of drug-likeness (QED) is 0.191. The van der Waals surface area contributed by atoms with E-state index < -0.39 is 7.60 Å². The Morgan fingerprint density at radius 1 is 1.15 bits per heavy atom. The fraction of sp³-hybridized carbons (Fsp3) is 0.560. The lowest BCUT2D eigenvalue weighted by molar-refractivity contribution is 0.137. The molecule has 186 valence electrons. The van der Waals surface area contributed by atoms with Crippen LogP contribution in [0.3, 0.4) is 0 Å². The van der Waals surface area contributed by atoms with Gasteiger partial charge in [-0.3, -0.25) is 9.13 Å². The van der Waals surface area contributed by atoms with Crippen LogP contribution in [-0.4, -0.2) is 37.9 Å². The number of nitrogens with zero attached hydrogens (tertiary/aromatic N) is 4. The van der Waals surface area contributed by atoms with Gasteiger partial charge >= 0.3 is 7.60 Å². The van der Waals surface area contributed by atoms with E-state index in [1.807, 2.05) is 51.3 Å². The van der Waals surface area contributed by atoms with Crippen LogP contribution in [0.5, 0.6) is 0 Å². The van der Waals surface area contributed by atoms with Crippen LogP contribution in [0.4, 0.5) is 0 Å². The largest absolute Gasteiger partial charge is 0.331 e. The SMILES string of the molecule is C=C(/C=C\C(=C/C)n1cnc2c(Cl)ncnc21)[C@H]1CC[C@H](CP(=O)(OC(C)C)OC(C)C)CC1. The molecule has 2 aromatic heterocycles. The average molecular weight is 507 g/mol. The summed E-state index contributed by atoms with van der Waals surface area (Å²) in [6.45, 7) is 13.9. The maximum absolute atomic E-state index is 13.3. The van der Waals surface area contributed by atoms with Crippen molar-refractivity contribution in [2.75, 3.05) is 6.16 Å². The van der Waals surface area contributed by atoms with Gasteiger partial charge in [-0.25, -0.2) is 15.0 Å². The van der Waals surface area contributed by atoms with E-state index in [2.05, 4.69) is 27.6 Å². The highest BCUT2D eigenvalue weighted by Crippen LogP contribution is 2.54. The van der Waals surface area contributed by atoms with Crippen molar-refractivity contribution in [2.24, 2.45) is 11.8 Å². The summed E-state index contributed by atoms with van der Waals surface area (Å²) in [6, 6.07) is 0. The zero-order valence-electron chi connectivity index (χ0n) is 20.8. The summed E-state index contributed by atoms with van der Waals surface area (Å²) in [5.41, 5.74) is 3.27. The maximum atomic E-state index is 13.3. The van der Waals surface area contributed by atoms with Crippen LogP contribution in [0, 0.1) is 11.8 Å². The molecule has 7 nitrogen and oxygen atoms in total. The molecule has 34 heavy (non-hydrogen) atoms. The normalized spacial score (nSPS) is 20.2. The van der Waals surface area contributed by atoms with E-state index in [4.69, 9.17) is 20.6 Å². The van der Waals surface area contributed by atoms with E-state index in [1.54, 1.807) is 6.33 Å². The minimum atomic E-state index is -3.10. The Bertz CT molecular complexity index is 1090. The molecule has 1 aliphatic rings. The molecule has 0 saturated heterocycles. The molecule has 0 bridgehead atoms. The molecule has 3 rings (SSSR count). The number of fused-ring (bicyclic) bond motifs is 1. The van der Waals surface area contributed by atoms with Crippen LogP contribution >= 0.6 is 19.2 Å². The van der Waals surface area contributed by atoms with Gasteiger partial charge in [0.2, 0.25) is 0 Å². The van der Waals surface area contributed by atoms with Crippen molar-refractivity contribution in [3.05, 3.63) is 48.2 Å². The first-order valence-corrected chi connectivity index (χ1v) is 14.1.